The maximum Gasteiger partial charge on any atom is 0.339 e. The summed E-state index contributed by atoms with van der Waals surface area (Å²) in [6.07, 6.45) is 25.6. The van der Waals surface area contributed by atoms with E-state index >= 15 is 0 Å². The number of alkyl halides is 3. The van der Waals surface area contributed by atoms with Crippen LogP contribution < -0.4 is 62.0 Å². The minimum Gasteiger partial charge on any atom is -0.478 e. The Morgan fingerprint density at radius 1 is 0.573 bits per heavy atom. The van der Waals surface area contributed by atoms with Crippen molar-refractivity contribution in [3.8, 4) is 0 Å². The van der Waals surface area contributed by atoms with Gasteiger partial charge in [-0.05, 0) is 108 Å². The summed E-state index contributed by atoms with van der Waals surface area (Å²) in [5.74, 6) is 0.155. The second-order valence-electron chi connectivity index (χ2n) is 22.1. The van der Waals surface area contributed by atoms with E-state index in [0.717, 1.165) is 71.8 Å². The Morgan fingerprint density at radius 2 is 0.909 bits per heavy atom. The first-order chi connectivity index (χ1) is 52.7. The molecular weight excluding hydrogens is 1650 g/mol. The van der Waals surface area contributed by atoms with Gasteiger partial charge in [0, 0.05) is 173 Å². The molecule has 0 saturated carbocycles. The van der Waals surface area contributed by atoms with Crippen LogP contribution in [0.3, 0.4) is 0 Å². The maximum atomic E-state index is 12.5. The quantitative estimate of drug-likeness (QED) is 0.0212. The number of pyridine rings is 6. The summed E-state index contributed by atoms with van der Waals surface area (Å²) in [5.41, 5.74) is 14.0. The number of nitrogens with zero attached hydrogens (tertiary/aromatic N) is 14. The first-order valence-electron chi connectivity index (χ1n) is 34.0. The number of H-pyrrole nitrogens is 1. The number of amides is 1. The zero-order chi connectivity index (χ0) is 81.8. The fraction of sp³-hybridized carbons (Fsp3) is 0.324. The molecule has 0 aliphatic rings. The molecule has 0 aromatic carbocycles. The summed E-state index contributed by atoms with van der Waals surface area (Å²) in [5, 5.41) is 36.8. The molecule has 110 heavy (non-hydrogen) atoms. The van der Waals surface area contributed by atoms with Crippen LogP contribution in [0, 0.1) is 20.8 Å². The summed E-state index contributed by atoms with van der Waals surface area (Å²) in [6.45, 7) is 6.45. The van der Waals surface area contributed by atoms with E-state index in [2.05, 4.69) is 82.7 Å². The molecule has 0 aliphatic carbocycles. The Bertz CT molecular complexity index is 5040. The number of halogens is 5. The Labute approximate surface area is 666 Å². The Kier molecular flexibility index (Phi) is 44.2. The number of carboxylic acids is 2. The van der Waals surface area contributed by atoms with Crippen molar-refractivity contribution >= 4 is 124 Å². The van der Waals surface area contributed by atoms with Gasteiger partial charge in [0.25, 0.3) is 22.6 Å². The number of hydrogen-bond donors (Lipinski definition) is 8. The summed E-state index contributed by atoms with van der Waals surface area (Å²) in [7, 11) is 8.82. The van der Waals surface area contributed by atoms with Crippen molar-refractivity contribution in [2.24, 2.45) is 32.6 Å². The lowest BCUT2D eigenvalue weighted by molar-refractivity contribution is 0.0686. The van der Waals surface area contributed by atoms with Gasteiger partial charge < -0.3 is 52.0 Å². The van der Waals surface area contributed by atoms with E-state index in [4.69, 9.17) is 43.9 Å². The summed E-state index contributed by atoms with van der Waals surface area (Å²) >= 11 is 10.8. The van der Waals surface area contributed by atoms with Crippen LogP contribution in [-0.2, 0) is 53.5 Å². The highest BCUT2D eigenvalue weighted by molar-refractivity contribution is 14.1. The van der Waals surface area contributed by atoms with Crippen LogP contribution in [0.15, 0.2) is 171 Å². The number of aryl methyl sites for hydroxylation is 9. The topological polar surface area (TPSA) is 501 Å². The van der Waals surface area contributed by atoms with E-state index in [1.54, 1.807) is 90.4 Å². The van der Waals surface area contributed by atoms with Crippen molar-refractivity contribution in [3.05, 3.63) is 248 Å². The minimum absolute atomic E-state index is 0. The summed E-state index contributed by atoms with van der Waals surface area (Å²) < 4.78 is 43.9. The van der Waals surface area contributed by atoms with Gasteiger partial charge in [0.1, 0.15) is 22.8 Å². The zero-order valence-electron chi connectivity index (χ0n) is 63.9. The van der Waals surface area contributed by atoms with Gasteiger partial charge in [-0.15, -0.1) is 12.4 Å². The molecule has 0 spiro atoms. The van der Waals surface area contributed by atoms with E-state index in [1.807, 2.05) is 61.6 Å². The van der Waals surface area contributed by atoms with Crippen molar-refractivity contribution in [2.75, 3.05) is 49.2 Å². The molecule has 0 aliphatic heterocycles. The normalized spacial score (nSPS) is 10.1. The van der Waals surface area contributed by atoms with Crippen LogP contribution in [0.2, 0.25) is 5.02 Å². The third kappa shape index (κ3) is 29.9. The highest BCUT2D eigenvalue weighted by Crippen LogP contribution is 2.16. The molecule has 0 radical (unpaired) electrons. The van der Waals surface area contributed by atoms with Crippen molar-refractivity contribution in [1.82, 2.24) is 79.3 Å². The number of carbonyl (C=O) groups excluding carboxylic acids is 1. The average Bonchev–Trinajstić information content (AvgIpc) is 1.50. The Balaban J connectivity index is 0.000000657. The molecule has 594 valence electrons. The van der Waals surface area contributed by atoms with Crippen LogP contribution in [0.5, 0.6) is 0 Å². The first-order valence-corrected chi connectivity index (χ1v) is 35.6. The second-order valence-corrected chi connectivity index (χ2v) is 23.3. The number of hydrogen-bond acceptors (Lipinski definition) is 25. The highest BCUT2D eigenvalue weighted by Gasteiger charge is 2.14. The lowest BCUT2D eigenvalue weighted by atomic mass is 10.2. The fourth-order valence-electron chi connectivity index (χ4n) is 9.59. The largest absolute Gasteiger partial charge is 0.478 e. The number of aromatic amines is 1. The van der Waals surface area contributed by atoms with Gasteiger partial charge in [0.2, 0.25) is 0 Å². The molecule has 0 saturated heterocycles. The molecule has 12 rings (SSSR count). The van der Waals surface area contributed by atoms with Crippen LogP contribution >= 0.6 is 62.5 Å². The van der Waals surface area contributed by atoms with Crippen LogP contribution in [0.4, 0.5) is 15.8 Å². The van der Waals surface area contributed by atoms with E-state index in [1.165, 1.54) is 98.4 Å². The van der Waals surface area contributed by atoms with Gasteiger partial charge in [-0.2, -0.15) is 0 Å². The predicted octanol–water partition coefficient (Wildman–Crippen LogP) is 9.42. The summed E-state index contributed by atoms with van der Waals surface area (Å²) in [4.78, 5) is 129. The van der Waals surface area contributed by atoms with Gasteiger partial charge in [-0.3, -0.25) is 81.3 Å². The van der Waals surface area contributed by atoms with Gasteiger partial charge >= 0.3 is 29.0 Å². The molecule has 1 amide bonds. The highest BCUT2D eigenvalue weighted by atomic mass is 127. The number of anilines is 2. The standard InChI is InChI=1S/2C16H18N4O3.C8H12BrNO.C8H7N3O2.C7H9N3O.C7H8N2O2.C6H4ClNO2.CH3F.CH3I.CH5N.ClH.H3N/c2*1-11-9-12(23-18-11)5-3-4-8-20-15(21)13-10-17-7-6-14(13)19(2)16(20)22;1-7-6-8(11-10-7)4-2-3-5-9;1-11-6-2-3-9-4-5(6)7(12)10-8(11)13;1-9-6-2-3-10-4-5(6)7(8)11;1-8-6-2-3-9-4-5(6)7(10)11;7-5-1-2-8-3-4(5)6(9)10;3*1-2;;/h2*6-7,9-10H,3-5,8H2,1-2H3;6H,2-5H2,1H3;2-4H,1H3,(H,10,12,13);2-4H,1H3,(H2,8,11)(H,9,10);2-4H,1H3,(H,8,9)(H,10,11);1-3H,(H,9,10);2*1H3;2H2,1H3;1H;1H3/i;;;;;;;2*1D;;;. The van der Waals surface area contributed by atoms with Gasteiger partial charge in [-0.1, -0.05) is 65.6 Å². The maximum absolute atomic E-state index is 12.5. The van der Waals surface area contributed by atoms with E-state index in [0.29, 0.717) is 80.5 Å². The van der Waals surface area contributed by atoms with Crippen molar-refractivity contribution in [1.29, 1.82) is 0 Å². The first kappa shape index (κ1) is 93.2. The Hall–Kier alpha value is -11.0. The molecule has 12 N–H and O–H groups in total. The van der Waals surface area contributed by atoms with Gasteiger partial charge in [-0.25, -0.2) is 24.0 Å². The van der Waals surface area contributed by atoms with Crippen molar-refractivity contribution < 1.29 is 45.3 Å². The number of carbonyl (C=O) groups is 3. The zero-order valence-corrected chi connectivity index (χ0v) is 67.2. The molecule has 12 aromatic rings. The lowest BCUT2D eigenvalue weighted by Crippen LogP contribution is -2.39. The average molecular weight is 1750 g/mol. The van der Waals surface area contributed by atoms with Crippen LogP contribution in [0.1, 0.15) is 107 Å². The predicted molar refractivity (Wildman–Crippen MR) is 435 cm³/mol. The van der Waals surface area contributed by atoms with Gasteiger partial charge in [0.05, 0.1) is 80.2 Å². The molecule has 0 unspecified atom stereocenters. The number of unbranched alkanes of at least 4 members (excludes halogenated alkanes) is 3. The van der Waals surface area contributed by atoms with E-state index < -0.39 is 36.2 Å². The number of aromatic nitrogens is 15. The molecule has 12 heterocycles. The van der Waals surface area contributed by atoms with Crippen LogP contribution in [0.25, 0.3) is 32.7 Å². The Morgan fingerprint density at radius 3 is 1.24 bits per heavy atom. The SMILES string of the molecule is CN.CNc1ccncc1C(=O)O.CNc1ccncc1C(N)=O.Cc1cc(CCCCBr)on1.Cc1cc(CCCCn2c(=O)c3cnccc3n(C)c2=O)on1.Cc1cc(CCCCn2c(=O)c3cnccc3n(C)c2=O)on1.Cl.Cn1c(=O)[nH]c(=O)c2cnccc21.N.O=C(O)c1cnccc1Cl.[2H]CF.[2H]CI. The fourth-order valence-corrected chi connectivity index (χ4v) is 10.2. The van der Waals surface area contributed by atoms with E-state index in [-0.39, 0.29) is 57.2 Å². The number of fused-ring (bicyclic) bond motifs is 3. The third-order valence-corrected chi connectivity index (χ3v) is 15.7. The lowest BCUT2D eigenvalue weighted by Gasteiger charge is -2.09. The third-order valence-electron chi connectivity index (χ3n) is 14.9. The second kappa shape index (κ2) is 52.1. The number of nitrogens with one attached hydrogen (secondary N) is 3. The number of primary amides is 1. The smallest absolute Gasteiger partial charge is 0.339 e. The molecular formula is C71H91BrCl2FIN20O14. The number of aromatic carboxylic acids is 2. The number of nitrogens with two attached hydrogens (primary N) is 2. The number of rotatable bonds is 19. The monoisotopic (exact) mass is 1740 g/mol. The van der Waals surface area contributed by atoms with Crippen molar-refractivity contribution in [3.63, 3.8) is 0 Å². The molecule has 12 aromatic heterocycles. The molecule has 0 atom stereocenters. The molecule has 0 bridgehead atoms. The number of carboxylic acid groups (broad SMARTS) is 2. The van der Waals surface area contributed by atoms with Crippen LogP contribution in [-0.4, -0.2) is 140 Å². The van der Waals surface area contributed by atoms with E-state index in [9.17, 15) is 47.5 Å². The minimum atomic E-state index is -1.06. The van der Waals surface area contributed by atoms with Crippen molar-refractivity contribution in [2.45, 2.75) is 91.6 Å². The summed E-state index contributed by atoms with van der Waals surface area (Å²) in [6, 6.07) is 15.5. The van der Waals surface area contributed by atoms with Gasteiger partial charge in [0.15, 0.2) is 0 Å². The molecule has 0 fully saturated rings. The molecule has 34 nitrogen and oxygen atoms in total. The molecule has 39 heteroatoms.